The van der Waals surface area contributed by atoms with Gasteiger partial charge in [0.1, 0.15) is 17.7 Å². The third-order valence-corrected chi connectivity index (χ3v) is 8.12. The van der Waals surface area contributed by atoms with Crippen LogP contribution >= 0.6 is 0 Å². The van der Waals surface area contributed by atoms with E-state index >= 15 is 0 Å². The highest BCUT2D eigenvalue weighted by Crippen LogP contribution is 2.30. The van der Waals surface area contributed by atoms with Crippen LogP contribution in [0.25, 0.3) is 5.69 Å². The summed E-state index contributed by atoms with van der Waals surface area (Å²) in [6.07, 6.45) is 0. The summed E-state index contributed by atoms with van der Waals surface area (Å²) in [4.78, 5) is 14.7. The van der Waals surface area contributed by atoms with E-state index in [0.717, 1.165) is 23.0 Å². The van der Waals surface area contributed by atoms with Crippen molar-refractivity contribution in [1.29, 1.82) is 5.26 Å². The number of nitriles is 1. The van der Waals surface area contributed by atoms with E-state index in [1.807, 2.05) is 53.6 Å². The molecule has 0 aliphatic carbocycles. The first-order valence-electron chi connectivity index (χ1n) is 11.2. The topological polar surface area (TPSA) is 98.4 Å². The molecule has 1 aliphatic heterocycles. The van der Waals surface area contributed by atoms with Gasteiger partial charge in [-0.25, -0.2) is 12.8 Å². The molecule has 1 aliphatic rings. The number of carbonyl (C=O) groups excluding carboxylic acids is 1. The Morgan fingerprint density at radius 3 is 2.37 bits per heavy atom. The van der Waals surface area contributed by atoms with Crippen molar-refractivity contribution in [3.63, 3.8) is 0 Å². The number of anilines is 1. The predicted octanol–water partition coefficient (Wildman–Crippen LogP) is 3.05. The number of amides is 1. The minimum atomic E-state index is -3.81. The zero-order chi connectivity index (χ0) is 25.2. The Kier molecular flexibility index (Phi) is 7.03. The van der Waals surface area contributed by atoms with E-state index < -0.39 is 15.8 Å². The van der Waals surface area contributed by atoms with Crippen molar-refractivity contribution in [1.82, 2.24) is 13.8 Å². The lowest BCUT2D eigenvalue weighted by atomic mass is 10.2. The second-order valence-corrected chi connectivity index (χ2v) is 10.3. The molecular weight excluding hydrogens is 469 g/mol. The molecule has 10 heteroatoms. The van der Waals surface area contributed by atoms with Gasteiger partial charge in [-0.3, -0.25) is 14.3 Å². The summed E-state index contributed by atoms with van der Waals surface area (Å²) in [5.74, 6) is -0.479. The Balaban J connectivity index is 1.45. The van der Waals surface area contributed by atoms with Crippen molar-refractivity contribution < 1.29 is 17.6 Å². The predicted molar refractivity (Wildman–Crippen MR) is 130 cm³/mol. The largest absolute Gasteiger partial charge is 0.310 e. The summed E-state index contributed by atoms with van der Waals surface area (Å²) >= 11 is 0. The summed E-state index contributed by atoms with van der Waals surface area (Å²) in [7, 11) is -3.81. The van der Waals surface area contributed by atoms with Crippen molar-refractivity contribution in [3.05, 3.63) is 77.2 Å². The summed E-state index contributed by atoms with van der Waals surface area (Å²) in [5, 5.41) is 12.6. The fraction of sp³-hybridized carbons (Fsp3) is 0.280. The van der Waals surface area contributed by atoms with Gasteiger partial charge in [-0.2, -0.15) is 9.57 Å². The number of para-hydroxylation sites is 1. The Hall–Kier alpha value is -3.52. The quantitative estimate of drug-likeness (QED) is 0.567. The van der Waals surface area contributed by atoms with Gasteiger partial charge in [-0.05, 0) is 49.7 Å². The number of hydrogen-bond acceptors (Lipinski definition) is 5. The number of benzene rings is 2. The highest BCUT2D eigenvalue weighted by atomic mass is 32.2. The number of piperazine rings is 1. The van der Waals surface area contributed by atoms with Crippen LogP contribution in [0.15, 0.2) is 59.5 Å². The van der Waals surface area contributed by atoms with Gasteiger partial charge in [0.15, 0.2) is 0 Å². The molecule has 182 valence electrons. The van der Waals surface area contributed by atoms with E-state index in [-0.39, 0.29) is 30.4 Å². The Bertz CT molecular complexity index is 1390. The fourth-order valence-electron chi connectivity index (χ4n) is 4.24. The molecule has 35 heavy (non-hydrogen) atoms. The molecule has 3 aromatic rings. The number of halogens is 1. The van der Waals surface area contributed by atoms with Crippen molar-refractivity contribution in [2.75, 3.05) is 38.0 Å². The van der Waals surface area contributed by atoms with E-state index in [1.54, 1.807) is 0 Å². The summed E-state index contributed by atoms with van der Waals surface area (Å²) in [6, 6.07) is 16.6. The van der Waals surface area contributed by atoms with E-state index in [0.29, 0.717) is 24.5 Å². The van der Waals surface area contributed by atoms with E-state index in [9.17, 15) is 22.9 Å². The second-order valence-electron chi connectivity index (χ2n) is 8.40. The molecule has 0 saturated carbocycles. The van der Waals surface area contributed by atoms with E-state index in [2.05, 4.69) is 11.4 Å². The first-order valence-corrected chi connectivity index (χ1v) is 12.6. The molecule has 1 N–H and O–H groups in total. The van der Waals surface area contributed by atoms with Crippen LogP contribution in [0.5, 0.6) is 0 Å². The highest BCUT2D eigenvalue weighted by Gasteiger charge is 2.30. The third-order valence-electron chi connectivity index (χ3n) is 6.23. The van der Waals surface area contributed by atoms with Crippen LogP contribution in [-0.4, -0.2) is 60.8 Å². The Labute approximate surface area is 204 Å². The second kappa shape index (κ2) is 10.00. The molecule has 0 spiro atoms. The molecular formula is C25H26FN5O3S. The zero-order valence-electron chi connectivity index (χ0n) is 19.5. The standard InChI is InChI=1S/C25H26FN5O3S/c1-18-19(2)31(21-8-4-3-5-9-21)25(23(18)16-27)28-24(32)17-29-11-13-30(14-12-29)35(33,34)22-10-6-7-20(26)15-22/h3-10,15H,11-14,17H2,1-2H3,(H,28,32). The van der Waals surface area contributed by atoms with E-state index in [4.69, 9.17) is 0 Å². The number of aromatic nitrogens is 1. The molecule has 0 bridgehead atoms. The van der Waals surface area contributed by atoms with Crippen LogP contribution in [-0.2, 0) is 14.8 Å². The molecule has 8 nitrogen and oxygen atoms in total. The number of sulfonamides is 1. The van der Waals surface area contributed by atoms with Crippen molar-refractivity contribution in [2.45, 2.75) is 18.7 Å². The van der Waals surface area contributed by atoms with Gasteiger partial charge in [-0.1, -0.05) is 24.3 Å². The lowest BCUT2D eigenvalue weighted by molar-refractivity contribution is -0.117. The molecule has 0 radical (unpaired) electrons. The number of nitrogens with zero attached hydrogens (tertiary/aromatic N) is 4. The lowest BCUT2D eigenvalue weighted by Gasteiger charge is -2.33. The van der Waals surface area contributed by atoms with Gasteiger partial charge in [0, 0.05) is 37.6 Å². The maximum Gasteiger partial charge on any atom is 0.243 e. The van der Waals surface area contributed by atoms with Gasteiger partial charge in [0.25, 0.3) is 0 Å². The molecule has 1 fully saturated rings. The van der Waals surface area contributed by atoms with Crippen molar-refractivity contribution in [2.24, 2.45) is 0 Å². The first kappa shape index (κ1) is 24.6. The van der Waals surface area contributed by atoms with Crippen LogP contribution in [0.2, 0.25) is 0 Å². The van der Waals surface area contributed by atoms with Crippen molar-refractivity contribution >= 4 is 21.7 Å². The molecule has 1 aromatic heterocycles. The summed E-state index contributed by atoms with van der Waals surface area (Å²) in [6.45, 7) is 4.88. The number of rotatable bonds is 6. The summed E-state index contributed by atoms with van der Waals surface area (Å²) < 4.78 is 42.3. The number of hydrogen-bond donors (Lipinski definition) is 1. The molecule has 0 unspecified atom stereocenters. The minimum absolute atomic E-state index is 0.0524. The van der Waals surface area contributed by atoms with Gasteiger partial charge in [0.2, 0.25) is 15.9 Å². The molecule has 1 amide bonds. The zero-order valence-corrected chi connectivity index (χ0v) is 20.3. The third kappa shape index (κ3) is 4.98. The lowest BCUT2D eigenvalue weighted by Crippen LogP contribution is -2.50. The molecule has 1 saturated heterocycles. The number of carbonyl (C=O) groups is 1. The smallest absolute Gasteiger partial charge is 0.243 e. The normalized spacial score (nSPS) is 15.0. The Morgan fingerprint density at radius 2 is 1.74 bits per heavy atom. The maximum absolute atomic E-state index is 13.5. The van der Waals surface area contributed by atoms with E-state index in [1.165, 1.54) is 22.5 Å². The van der Waals surface area contributed by atoms with Gasteiger partial charge >= 0.3 is 0 Å². The molecule has 2 aromatic carbocycles. The van der Waals surface area contributed by atoms with Gasteiger partial charge in [0.05, 0.1) is 17.0 Å². The average Bonchev–Trinajstić information content (AvgIpc) is 3.08. The van der Waals surface area contributed by atoms with Crippen LogP contribution in [0, 0.1) is 31.0 Å². The fourth-order valence-corrected chi connectivity index (χ4v) is 5.69. The average molecular weight is 496 g/mol. The van der Waals surface area contributed by atoms with Crippen LogP contribution < -0.4 is 5.32 Å². The summed E-state index contributed by atoms with van der Waals surface area (Å²) in [5.41, 5.74) is 2.90. The molecule has 4 rings (SSSR count). The van der Waals surface area contributed by atoms with Crippen LogP contribution in [0.3, 0.4) is 0 Å². The Morgan fingerprint density at radius 1 is 1.06 bits per heavy atom. The highest BCUT2D eigenvalue weighted by molar-refractivity contribution is 7.89. The monoisotopic (exact) mass is 495 g/mol. The van der Waals surface area contributed by atoms with Crippen LogP contribution in [0.1, 0.15) is 16.8 Å². The minimum Gasteiger partial charge on any atom is -0.310 e. The van der Waals surface area contributed by atoms with Gasteiger partial charge < -0.3 is 5.32 Å². The number of nitrogens with one attached hydrogen (secondary N) is 1. The van der Waals surface area contributed by atoms with Gasteiger partial charge in [-0.15, -0.1) is 0 Å². The molecule has 0 atom stereocenters. The SMILES string of the molecule is Cc1c(C#N)c(NC(=O)CN2CCN(S(=O)(=O)c3cccc(F)c3)CC2)n(-c2ccccc2)c1C. The van der Waals surface area contributed by atoms with Crippen LogP contribution in [0.4, 0.5) is 10.2 Å². The maximum atomic E-state index is 13.5. The molecule has 2 heterocycles. The first-order chi connectivity index (χ1) is 16.7. The van der Waals surface area contributed by atoms with Crippen molar-refractivity contribution in [3.8, 4) is 11.8 Å².